The molecule has 1 aliphatic carbocycles. The Morgan fingerprint density at radius 2 is 2.17 bits per heavy atom. The Labute approximate surface area is 192 Å². The quantitative estimate of drug-likeness (QED) is 0.437. The smallest absolute Gasteiger partial charge is 0.257 e. The van der Waals surface area contributed by atoms with Crippen LogP contribution in [0.15, 0.2) is 42.1 Å². The van der Waals surface area contributed by atoms with Crippen molar-refractivity contribution in [1.29, 1.82) is 0 Å². The molecular weight excluding hydrogens is 493 g/mol. The number of nitrogens with zero attached hydrogens (tertiary/aromatic N) is 3. The van der Waals surface area contributed by atoms with Crippen LogP contribution in [0.2, 0.25) is 0 Å². The van der Waals surface area contributed by atoms with Crippen molar-refractivity contribution in [2.45, 2.75) is 35.2 Å². The normalized spacial score (nSPS) is 26.9. The minimum atomic E-state index is -0.129. The van der Waals surface area contributed by atoms with Crippen molar-refractivity contribution in [2.75, 3.05) is 40.3 Å². The van der Waals surface area contributed by atoms with Crippen molar-refractivity contribution in [3.8, 4) is 11.6 Å². The van der Waals surface area contributed by atoms with Crippen LogP contribution in [0.3, 0.4) is 0 Å². The molecule has 1 amide bonds. The van der Waals surface area contributed by atoms with Gasteiger partial charge < -0.3 is 14.4 Å². The first-order valence-corrected chi connectivity index (χ1v) is 11.7. The van der Waals surface area contributed by atoms with Gasteiger partial charge in [0.05, 0.1) is 3.42 Å². The Bertz CT molecular complexity index is 833. The van der Waals surface area contributed by atoms with Gasteiger partial charge in [-0.2, -0.15) is 0 Å². The fraction of sp³-hybridized carbons (Fsp3) is 0.565. The van der Waals surface area contributed by atoms with Crippen molar-refractivity contribution in [3.63, 3.8) is 0 Å². The molecule has 2 atom stereocenters. The Morgan fingerprint density at radius 3 is 2.87 bits per heavy atom. The van der Waals surface area contributed by atoms with E-state index in [2.05, 4.69) is 50.7 Å². The molecule has 0 bridgehead atoms. The summed E-state index contributed by atoms with van der Waals surface area (Å²) in [5.74, 6) is 2.08. The predicted octanol–water partition coefficient (Wildman–Crippen LogP) is 3.47. The van der Waals surface area contributed by atoms with Gasteiger partial charge in [-0.25, -0.2) is 4.98 Å². The van der Waals surface area contributed by atoms with Crippen LogP contribution in [-0.4, -0.2) is 70.6 Å². The van der Waals surface area contributed by atoms with E-state index in [1.807, 2.05) is 26.2 Å². The molecular formula is C23H30IN3O3. The second-order valence-corrected chi connectivity index (χ2v) is 10.7. The zero-order chi connectivity index (χ0) is 21.1. The monoisotopic (exact) mass is 523 g/mol. The first-order valence-electron chi connectivity index (χ1n) is 10.7. The summed E-state index contributed by atoms with van der Waals surface area (Å²) in [5, 5.41) is 0. The third kappa shape index (κ3) is 4.99. The van der Waals surface area contributed by atoms with Crippen LogP contribution in [0.25, 0.3) is 0 Å². The number of rotatable bonds is 5. The minimum Gasteiger partial charge on any atom is -0.484 e. The molecule has 1 fully saturated rings. The molecule has 0 aromatic carbocycles. The van der Waals surface area contributed by atoms with Gasteiger partial charge in [-0.3, -0.25) is 9.69 Å². The molecule has 1 unspecified atom stereocenters. The van der Waals surface area contributed by atoms with Gasteiger partial charge in [-0.1, -0.05) is 40.8 Å². The van der Waals surface area contributed by atoms with Crippen LogP contribution < -0.4 is 9.47 Å². The molecule has 1 aromatic rings. The highest BCUT2D eigenvalue weighted by Gasteiger charge is 2.40. The fourth-order valence-corrected chi connectivity index (χ4v) is 4.91. The molecule has 3 heterocycles. The molecule has 3 aliphatic rings. The second-order valence-electron chi connectivity index (χ2n) is 8.68. The number of piperidine rings is 1. The summed E-state index contributed by atoms with van der Waals surface area (Å²) >= 11 is 2.49. The summed E-state index contributed by atoms with van der Waals surface area (Å²) < 4.78 is 11.9. The molecule has 0 saturated carbocycles. The lowest BCUT2D eigenvalue weighted by atomic mass is 9.90. The highest BCUT2D eigenvalue weighted by atomic mass is 127. The number of carbonyl (C=O) groups is 1. The number of fused-ring (bicyclic) bond motifs is 1. The molecule has 0 radical (unpaired) electrons. The number of pyridine rings is 1. The van der Waals surface area contributed by atoms with E-state index >= 15 is 0 Å². The number of aromatic nitrogens is 1. The van der Waals surface area contributed by atoms with Crippen molar-refractivity contribution in [3.05, 3.63) is 42.1 Å². The van der Waals surface area contributed by atoms with Gasteiger partial charge >= 0.3 is 0 Å². The lowest BCUT2D eigenvalue weighted by molar-refractivity contribution is -0.130. The Morgan fingerprint density at radius 1 is 1.37 bits per heavy atom. The molecule has 2 aliphatic heterocycles. The summed E-state index contributed by atoms with van der Waals surface area (Å²) in [4.78, 5) is 20.5. The SMILES string of the molecule is CN(C)C(=O)CC1CCN(CC2=CCC(I)([C@H]3COc4cccnc4O3)C=C2)CC1. The topological polar surface area (TPSA) is 54.9 Å². The number of amides is 1. The molecule has 4 rings (SSSR count). The van der Waals surface area contributed by atoms with Gasteiger partial charge in [-0.05, 0) is 56.0 Å². The predicted molar refractivity (Wildman–Crippen MR) is 125 cm³/mol. The highest BCUT2D eigenvalue weighted by Crippen LogP contribution is 2.40. The van der Waals surface area contributed by atoms with E-state index < -0.39 is 0 Å². The Balaban J connectivity index is 1.27. The number of ether oxygens (including phenoxy) is 2. The maximum atomic E-state index is 11.9. The first kappa shape index (κ1) is 21.6. The van der Waals surface area contributed by atoms with Crippen LogP contribution in [0.1, 0.15) is 25.7 Å². The number of allylic oxidation sites excluding steroid dienone is 1. The van der Waals surface area contributed by atoms with Crippen molar-refractivity contribution < 1.29 is 14.3 Å². The molecule has 30 heavy (non-hydrogen) atoms. The van der Waals surface area contributed by atoms with Gasteiger partial charge in [0.25, 0.3) is 5.88 Å². The number of likely N-dealkylation sites (tertiary alicyclic amines) is 1. The lowest BCUT2D eigenvalue weighted by Gasteiger charge is -2.37. The van der Waals surface area contributed by atoms with E-state index in [-0.39, 0.29) is 15.4 Å². The van der Waals surface area contributed by atoms with Crippen molar-refractivity contribution in [1.82, 2.24) is 14.8 Å². The largest absolute Gasteiger partial charge is 0.484 e. The summed E-state index contributed by atoms with van der Waals surface area (Å²) in [5.41, 5.74) is 1.36. The molecule has 7 heteroatoms. The van der Waals surface area contributed by atoms with Gasteiger partial charge in [0.1, 0.15) is 6.61 Å². The average molecular weight is 523 g/mol. The van der Waals surface area contributed by atoms with Crippen molar-refractivity contribution in [2.24, 2.45) is 5.92 Å². The Kier molecular flexibility index (Phi) is 6.67. The van der Waals surface area contributed by atoms with E-state index in [4.69, 9.17) is 9.47 Å². The number of hydrogen-bond acceptors (Lipinski definition) is 5. The zero-order valence-corrected chi connectivity index (χ0v) is 19.9. The third-order valence-electron chi connectivity index (χ3n) is 6.24. The number of hydrogen-bond donors (Lipinski definition) is 0. The summed E-state index contributed by atoms with van der Waals surface area (Å²) in [6.07, 6.45) is 12.3. The van der Waals surface area contributed by atoms with Crippen LogP contribution in [0.4, 0.5) is 0 Å². The highest BCUT2D eigenvalue weighted by molar-refractivity contribution is 14.1. The average Bonchev–Trinajstić information content (AvgIpc) is 2.76. The maximum Gasteiger partial charge on any atom is 0.257 e. The summed E-state index contributed by atoms with van der Waals surface area (Å²) in [7, 11) is 3.68. The van der Waals surface area contributed by atoms with E-state index in [1.165, 1.54) is 5.57 Å². The molecule has 1 aromatic heterocycles. The Hall–Kier alpha value is -1.61. The maximum absolute atomic E-state index is 11.9. The van der Waals surface area contributed by atoms with Gasteiger partial charge in [0.15, 0.2) is 11.9 Å². The third-order valence-corrected chi connectivity index (χ3v) is 7.74. The molecule has 0 N–H and O–H groups in total. The van der Waals surface area contributed by atoms with Crippen LogP contribution in [0, 0.1) is 5.92 Å². The minimum absolute atomic E-state index is 0.0560. The number of carbonyl (C=O) groups excluding carboxylic acids is 1. The van der Waals surface area contributed by atoms with E-state index in [0.717, 1.165) is 44.6 Å². The number of halogens is 1. The molecule has 1 saturated heterocycles. The molecule has 0 spiro atoms. The zero-order valence-electron chi connectivity index (χ0n) is 17.7. The van der Waals surface area contributed by atoms with Gasteiger partial charge in [-0.15, -0.1) is 0 Å². The lowest BCUT2D eigenvalue weighted by Crippen LogP contribution is -2.46. The van der Waals surface area contributed by atoms with Crippen LogP contribution >= 0.6 is 22.6 Å². The second kappa shape index (κ2) is 9.26. The van der Waals surface area contributed by atoms with Gasteiger partial charge in [0, 0.05) is 33.3 Å². The van der Waals surface area contributed by atoms with Gasteiger partial charge in [0.2, 0.25) is 5.91 Å². The fourth-order valence-electron chi connectivity index (χ4n) is 4.21. The summed E-state index contributed by atoms with van der Waals surface area (Å²) in [6, 6.07) is 3.76. The van der Waals surface area contributed by atoms with E-state index in [9.17, 15) is 4.79 Å². The summed E-state index contributed by atoms with van der Waals surface area (Å²) in [6.45, 7) is 3.64. The van der Waals surface area contributed by atoms with Crippen LogP contribution in [-0.2, 0) is 4.79 Å². The van der Waals surface area contributed by atoms with Crippen LogP contribution in [0.5, 0.6) is 11.6 Å². The van der Waals surface area contributed by atoms with E-state index in [1.54, 1.807) is 11.1 Å². The van der Waals surface area contributed by atoms with Crippen molar-refractivity contribution >= 4 is 28.5 Å². The molecule has 162 valence electrons. The number of alkyl halides is 1. The molecule has 6 nitrogen and oxygen atoms in total. The standard InChI is InChI=1S/C23H30IN3O3/c1-26(2)21(28)14-17-7-12-27(13-8-17)15-18-5-9-23(24,10-6-18)20-16-29-19-4-3-11-25-22(19)30-20/h3-6,9,11,17,20H,7-8,10,12-16H2,1-2H3/t20-,23?/m1/s1. The van der Waals surface area contributed by atoms with E-state index in [0.29, 0.717) is 24.8 Å². The first-order chi connectivity index (χ1) is 14.4.